The summed E-state index contributed by atoms with van der Waals surface area (Å²) >= 11 is 0. The summed E-state index contributed by atoms with van der Waals surface area (Å²) in [5.74, 6) is 0. The fourth-order valence-electron chi connectivity index (χ4n) is 1.54. The van der Waals surface area contributed by atoms with Gasteiger partial charge in [0.2, 0.25) is 0 Å². The van der Waals surface area contributed by atoms with E-state index in [2.05, 4.69) is 24.8 Å². The number of nitriles is 1. The van der Waals surface area contributed by atoms with Crippen molar-refractivity contribution in [1.29, 1.82) is 5.26 Å². The molecule has 0 aliphatic carbocycles. The van der Waals surface area contributed by atoms with Gasteiger partial charge in [-0.3, -0.25) is 4.90 Å². The van der Waals surface area contributed by atoms with Gasteiger partial charge in [0.05, 0.1) is 12.7 Å². The molecular formula is C12H24N2O. The van der Waals surface area contributed by atoms with E-state index >= 15 is 0 Å². The maximum atomic E-state index is 8.44. The van der Waals surface area contributed by atoms with Crippen molar-refractivity contribution in [2.24, 2.45) is 0 Å². The third kappa shape index (κ3) is 7.35. The van der Waals surface area contributed by atoms with E-state index < -0.39 is 0 Å². The Labute approximate surface area is 94.0 Å². The van der Waals surface area contributed by atoms with Crippen LogP contribution in [-0.4, -0.2) is 37.7 Å². The zero-order chi connectivity index (χ0) is 11.5. The third-order valence-electron chi connectivity index (χ3n) is 2.78. The van der Waals surface area contributed by atoms with Crippen molar-refractivity contribution < 1.29 is 4.74 Å². The van der Waals surface area contributed by atoms with E-state index in [4.69, 9.17) is 10.00 Å². The van der Waals surface area contributed by atoms with E-state index in [-0.39, 0.29) is 0 Å². The Hall–Kier alpha value is -0.590. The number of unbranched alkanes of at least 4 members (excludes halogenated alkanes) is 2. The van der Waals surface area contributed by atoms with Crippen LogP contribution >= 0.6 is 0 Å². The van der Waals surface area contributed by atoms with Crippen LogP contribution in [0.15, 0.2) is 0 Å². The van der Waals surface area contributed by atoms with E-state index in [0.717, 1.165) is 32.5 Å². The molecule has 1 unspecified atom stereocenters. The number of hydrogen-bond donors (Lipinski definition) is 0. The summed E-state index contributed by atoms with van der Waals surface area (Å²) in [7, 11) is 1.74. The predicted octanol–water partition coefficient (Wildman–Crippen LogP) is 2.43. The molecule has 0 aromatic heterocycles. The van der Waals surface area contributed by atoms with Crippen LogP contribution < -0.4 is 0 Å². The summed E-state index contributed by atoms with van der Waals surface area (Å²) in [5.41, 5.74) is 0. The van der Waals surface area contributed by atoms with Gasteiger partial charge in [0, 0.05) is 26.1 Å². The smallest absolute Gasteiger partial charge is 0.0621 e. The quantitative estimate of drug-likeness (QED) is 0.551. The second kappa shape index (κ2) is 9.95. The summed E-state index contributed by atoms with van der Waals surface area (Å²) in [5, 5.41) is 8.44. The maximum Gasteiger partial charge on any atom is 0.0621 e. The van der Waals surface area contributed by atoms with Crippen molar-refractivity contribution >= 4 is 0 Å². The molecule has 0 saturated heterocycles. The summed E-state index contributed by atoms with van der Waals surface area (Å²) in [6.45, 7) is 7.33. The largest absolute Gasteiger partial charge is 0.383 e. The molecule has 0 saturated carbocycles. The normalized spacial score (nSPS) is 12.7. The van der Waals surface area contributed by atoms with Crippen molar-refractivity contribution in [2.75, 3.05) is 26.8 Å². The van der Waals surface area contributed by atoms with Crippen LogP contribution in [-0.2, 0) is 4.74 Å². The first-order valence-electron chi connectivity index (χ1n) is 5.86. The Morgan fingerprint density at radius 1 is 1.33 bits per heavy atom. The van der Waals surface area contributed by atoms with Gasteiger partial charge in [-0.05, 0) is 32.7 Å². The van der Waals surface area contributed by atoms with Crippen LogP contribution in [0.4, 0.5) is 0 Å². The first-order chi connectivity index (χ1) is 7.26. The Bertz CT molecular complexity index is 177. The number of hydrogen-bond acceptors (Lipinski definition) is 3. The fourth-order valence-corrected chi connectivity index (χ4v) is 1.54. The number of nitrogens with zero attached hydrogens (tertiary/aromatic N) is 2. The number of methoxy groups -OCH3 is 1. The third-order valence-corrected chi connectivity index (χ3v) is 2.78. The molecular weight excluding hydrogens is 188 g/mol. The Morgan fingerprint density at radius 2 is 2.07 bits per heavy atom. The Balaban J connectivity index is 3.75. The highest BCUT2D eigenvalue weighted by Gasteiger charge is 2.10. The van der Waals surface area contributed by atoms with Crippen molar-refractivity contribution in [2.45, 2.75) is 45.6 Å². The molecule has 0 aliphatic heterocycles. The molecule has 0 N–H and O–H groups in total. The predicted molar refractivity (Wildman–Crippen MR) is 62.7 cm³/mol. The fraction of sp³-hybridized carbons (Fsp3) is 0.917. The molecule has 0 radical (unpaired) electrons. The average molecular weight is 212 g/mol. The highest BCUT2D eigenvalue weighted by molar-refractivity contribution is 4.70. The van der Waals surface area contributed by atoms with E-state index in [1.165, 1.54) is 6.42 Å². The van der Waals surface area contributed by atoms with E-state index in [9.17, 15) is 0 Å². The molecule has 0 amide bonds. The van der Waals surface area contributed by atoms with Crippen LogP contribution in [0.5, 0.6) is 0 Å². The molecule has 0 heterocycles. The first kappa shape index (κ1) is 14.4. The molecule has 0 fully saturated rings. The molecule has 0 bridgehead atoms. The molecule has 0 spiro atoms. The molecule has 0 aromatic carbocycles. The maximum absolute atomic E-state index is 8.44. The summed E-state index contributed by atoms with van der Waals surface area (Å²) in [6, 6.07) is 2.80. The van der Waals surface area contributed by atoms with Crippen LogP contribution in [0.3, 0.4) is 0 Å². The van der Waals surface area contributed by atoms with Crippen molar-refractivity contribution in [1.82, 2.24) is 4.90 Å². The highest BCUT2D eigenvalue weighted by atomic mass is 16.5. The van der Waals surface area contributed by atoms with Crippen LogP contribution in [0.1, 0.15) is 39.5 Å². The van der Waals surface area contributed by atoms with Gasteiger partial charge in [0.1, 0.15) is 0 Å². The van der Waals surface area contributed by atoms with Crippen molar-refractivity contribution in [3.63, 3.8) is 0 Å². The molecule has 15 heavy (non-hydrogen) atoms. The summed E-state index contributed by atoms with van der Waals surface area (Å²) < 4.78 is 5.10. The van der Waals surface area contributed by atoms with Gasteiger partial charge in [-0.2, -0.15) is 5.26 Å². The molecule has 0 aliphatic rings. The SMILES string of the molecule is CCC(C)N(CCCCC#N)CCOC. The Kier molecular flexibility index (Phi) is 9.55. The van der Waals surface area contributed by atoms with Gasteiger partial charge >= 0.3 is 0 Å². The monoisotopic (exact) mass is 212 g/mol. The molecule has 3 heteroatoms. The van der Waals surface area contributed by atoms with Gasteiger partial charge in [-0.15, -0.1) is 0 Å². The second-order valence-electron chi connectivity index (χ2n) is 3.90. The van der Waals surface area contributed by atoms with E-state index in [1.807, 2.05) is 0 Å². The lowest BCUT2D eigenvalue weighted by atomic mass is 10.2. The van der Waals surface area contributed by atoms with Gasteiger partial charge in [-0.1, -0.05) is 6.92 Å². The molecule has 88 valence electrons. The minimum atomic E-state index is 0.613. The first-order valence-corrected chi connectivity index (χ1v) is 5.86. The van der Waals surface area contributed by atoms with Gasteiger partial charge < -0.3 is 4.74 Å². The van der Waals surface area contributed by atoms with E-state index in [0.29, 0.717) is 12.5 Å². The average Bonchev–Trinajstić information content (AvgIpc) is 2.27. The zero-order valence-corrected chi connectivity index (χ0v) is 10.3. The Morgan fingerprint density at radius 3 is 2.60 bits per heavy atom. The van der Waals surface area contributed by atoms with Crippen molar-refractivity contribution in [3.8, 4) is 6.07 Å². The minimum absolute atomic E-state index is 0.613. The van der Waals surface area contributed by atoms with Gasteiger partial charge in [0.25, 0.3) is 0 Å². The summed E-state index contributed by atoms with van der Waals surface area (Å²) in [4.78, 5) is 2.45. The van der Waals surface area contributed by atoms with Crippen LogP contribution in [0, 0.1) is 11.3 Å². The van der Waals surface area contributed by atoms with Crippen LogP contribution in [0.2, 0.25) is 0 Å². The van der Waals surface area contributed by atoms with E-state index in [1.54, 1.807) is 7.11 Å². The standard InChI is InChI=1S/C12H24N2O/c1-4-12(2)14(10-11-15-3)9-7-5-6-8-13/h12H,4-7,9-11H2,1-3H3. The minimum Gasteiger partial charge on any atom is -0.383 e. The molecule has 1 atom stereocenters. The lowest BCUT2D eigenvalue weighted by Crippen LogP contribution is -2.36. The lowest BCUT2D eigenvalue weighted by Gasteiger charge is -2.27. The topological polar surface area (TPSA) is 36.3 Å². The summed E-state index contributed by atoms with van der Waals surface area (Å²) in [6.07, 6.45) is 3.97. The molecule has 3 nitrogen and oxygen atoms in total. The zero-order valence-electron chi connectivity index (χ0n) is 10.3. The van der Waals surface area contributed by atoms with Gasteiger partial charge in [-0.25, -0.2) is 0 Å². The number of rotatable bonds is 9. The highest BCUT2D eigenvalue weighted by Crippen LogP contribution is 2.06. The van der Waals surface area contributed by atoms with Gasteiger partial charge in [0.15, 0.2) is 0 Å². The lowest BCUT2D eigenvalue weighted by molar-refractivity contribution is 0.121. The molecule has 0 rings (SSSR count). The number of ether oxygens (including phenoxy) is 1. The second-order valence-corrected chi connectivity index (χ2v) is 3.90. The molecule has 0 aromatic rings. The van der Waals surface area contributed by atoms with Crippen molar-refractivity contribution in [3.05, 3.63) is 0 Å². The van der Waals surface area contributed by atoms with Crippen LogP contribution in [0.25, 0.3) is 0 Å².